The van der Waals surface area contributed by atoms with Gasteiger partial charge in [-0.25, -0.2) is 0 Å². The maximum Gasteiger partial charge on any atom is 0.305 e. The van der Waals surface area contributed by atoms with Crippen molar-refractivity contribution in [2.75, 3.05) is 7.11 Å². The van der Waals surface area contributed by atoms with Crippen LogP contribution in [-0.2, 0) is 16.0 Å². The molecule has 0 aliphatic heterocycles. The lowest BCUT2D eigenvalue weighted by Gasteiger charge is -1.99. The number of nitrogens with one attached hydrogen (secondary N) is 1. The number of hydrogen-bond donors (Lipinski definition) is 1. The lowest BCUT2D eigenvalue weighted by Crippen LogP contribution is -2.02. The smallest absolute Gasteiger partial charge is 0.305 e. The zero-order chi connectivity index (χ0) is 11.5. The molecule has 0 bridgehead atoms. The van der Waals surface area contributed by atoms with Crippen LogP contribution in [0.3, 0.4) is 0 Å². The van der Waals surface area contributed by atoms with Crippen LogP contribution >= 0.6 is 0 Å². The summed E-state index contributed by atoms with van der Waals surface area (Å²) in [6.07, 6.45) is 0.852. The zero-order valence-corrected chi connectivity index (χ0v) is 8.78. The summed E-state index contributed by atoms with van der Waals surface area (Å²) in [6.45, 7) is 0. The third-order valence-corrected chi connectivity index (χ3v) is 2.39. The normalized spacial score (nSPS) is 10.6. The van der Waals surface area contributed by atoms with Crippen molar-refractivity contribution in [1.29, 1.82) is 0 Å². The molecule has 0 amide bonds. The Morgan fingerprint density at radius 1 is 1.50 bits per heavy atom. The van der Waals surface area contributed by atoms with Crippen LogP contribution in [0.15, 0.2) is 27.5 Å². The van der Waals surface area contributed by atoms with Gasteiger partial charge in [0.1, 0.15) is 0 Å². The number of hydrogen-bond acceptors (Lipinski definition) is 4. The Kier molecular flexibility index (Phi) is 2.76. The minimum absolute atomic E-state index is 0.255. The van der Waals surface area contributed by atoms with Gasteiger partial charge >= 0.3 is 5.97 Å². The van der Waals surface area contributed by atoms with E-state index in [4.69, 9.17) is 4.52 Å². The van der Waals surface area contributed by atoms with Gasteiger partial charge in [0.15, 0.2) is 5.58 Å². The van der Waals surface area contributed by atoms with Crippen molar-refractivity contribution in [3.63, 3.8) is 0 Å². The van der Waals surface area contributed by atoms with Gasteiger partial charge in [-0.15, -0.1) is 0 Å². The number of H-pyrrole nitrogens is 1. The third kappa shape index (κ3) is 1.98. The number of benzene rings is 1. The third-order valence-electron chi connectivity index (χ3n) is 2.39. The monoisotopic (exact) mass is 221 g/mol. The Morgan fingerprint density at radius 3 is 3.06 bits per heavy atom. The quantitative estimate of drug-likeness (QED) is 0.791. The van der Waals surface area contributed by atoms with Gasteiger partial charge < -0.3 is 9.26 Å². The van der Waals surface area contributed by atoms with Crippen molar-refractivity contribution in [1.82, 2.24) is 5.16 Å². The second-order valence-corrected chi connectivity index (χ2v) is 3.44. The van der Waals surface area contributed by atoms with E-state index < -0.39 is 0 Å². The number of ether oxygens (including phenoxy) is 1. The van der Waals surface area contributed by atoms with E-state index in [0.717, 1.165) is 5.56 Å². The summed E-state index contributed by atoms with van der Waals surface area (Å²) in [5, 5.41) is 2.76. The van der Waals surface area contributed by atoms with Crippen molar-refractivity contribution in [3.8, 4) is 0 Å². The summed E-state index contributed by atoms with van der Waals surface area (Å²) < 4.78 is 9.46. The highest BCUT2D eigenvalue weighted by atomic mass is 16.5. The van der Waals surface area contributed by atoms with Gasteiger partial charge in [0.2, 0.25) is 0 Å². The topological polar surface area (TPSA) is 72.3 Å². The summed E-state index contributed by atoms with van der Waals surface area (Å²) >= 11 is 0. The average molecular weight is 221 g/mol. The van der Waals surface area contributed by atoms with E-state index in [1.165, 1.54) is 7.11 Å². The molecule has 1 heterocycles. The van der Waals surface area contributed by atoms with E-state index >= 15 is 0 Å². The molecule has 0 unspecified atom stereocenters. The molecule has 2 rings (SSSR count). The molecule has 16 heavy (non-hydrogen) atoms. The Bertz CT molecular complexity index is 567. The molecule has 1 aromatic heterocycles. The van der Waals surface area contributed by atoms with Crippen molar-refractivity contribution < 1.29 is 14.1 Å². The molecular formula is C11H11NO4. The highest BCUT2D eigenvalue weighted by Crippen LogP contribution is 2.13. The number of aromatic nitrogens is 1. The van der Waals surface area contributed by atoms with E-state index in [1.807, 2.05) is 6.07 Å². The van der Waals surface area contributed by atoms with E-state index in [0.29, 0.717) is 23.8 Å². The van der Waals surface area contributed by atoms with Gasteiger partial charge in [0.25, 0.3) is 5.56 Å². The molecule has 0 saturated heterocycles. The number of rotatable bonds is 3. The Hall–Kier alpha value is -2.04. The molecule has 0 atom stereocenters. The van der Waals surface area contributed by atoms with Crippen LogP contribution in [0, 0.1) is 0 Å². The molecule has 0 spiro atoms. The molecule has 0 aliphatic carbocycles. The second kappa shape index (κ2) is 4.22. The fraction of sp³-hybridized carbons (Fsp3) is 0.273. The number of fused-ring (bicyclic) bond motifs is 1. The summed E-state index contributed by atoms with van der Waals surface area (Å²) in [5.74, 6) is -0.263. The highest BCUT2D eigenvalue weighted by Gasteiger charge is 2.06. The van der Waals surface area contributed by atoms with E-state index in [2.05, 4.69) is 9.89 Å². The van der Waals surface area contributed by atoms with Crippen LogP contribution in [-0.4, -0.2) is 18.2 Å². The Labute approximate surface area is 91.0 Å². The van der Waals surface area contributed by atoms with Gasteiger partial charge in [-0.05, 0) is 24.1 Å². The van der Waals surface area contributed by atoms with Gasteiger partial charge in [0.05, 0.1) is 12.5 Å². The molecular weight excluding hydrogens is 210 g/mol. The first kappa shape index (κ1) is 10.5. The minimum atomic E-state index is -0.263. The minimum Gasteiger partial charge on any atom is -0.469 e. The molecule has 1 aromatic carbocycles. The van der Waals surface area contributed by atoms with Crippen molar-refractivity contribution in [3.05, 3.63) is 34.1 Å². The lowest BCUT2D eigenvalue weighted by atomic mass is 10.1. The number of methoxy groups -OCH3 is 1. The molecule has 2 aromatic rings. The molecule has 5 nitrogen and oxygen atoms in total. The summed E-state index contributed by atoms with van der Waals surface area (Å²) in [7, 11) is 1.35. The number of carbonyl (C=O) groups is 1. The number of carbonyl (C=O) groups excluding carboxylic acids is 1. The number of aryl methyl sites for hydroxylation is 1. The standard InChI is InChI=1S/C11H11NO4/c1-15-10(13)5-3-7-2-4-9-8(6-7)11(14)12-16-9/h2,4,6H,3,5H2,1H3,(H,12,14). The molecule has 0 radical (unpaired) electrons. The molecule has 1 N–H and O–H groups in total. The highest BCUT2D eigenvalue weighted by molar-refractivity contribution is 5.76. The van der Waals surface area contributed by atoms with Gasteiger partial charge in [-0.1, -0.05) is 6.07 Å². The van der Waals surface area contributed by atoms with E-state index in [-0.39, 0.29) is 11.5 Å². The van der Waals surface area contributed by atoms with Crippen molar-refractivity contribution >= 4 is 16.9 Å². The maximum atomic E-state index is 11.3. The second-order valence-electron chi connectivity index (χ2n) is 3.44. The summed E-state index contributed by atoms with van der Waals surface area (Å²) in [6, 6.07) is 5.25. The average Bonchev–Trinajstić information content (AvgIpc) is 2.68. The summed E-state index contributed by atoms with van der Waals surface area (Å²) in [4.78, 5) is 22.2. The Balaban J connectivity index is 2.22. The Morgan fingerprint density at radius 2 is 2.31 bits per heavy atom. The van der Waals surface area contributed by atoms with Crippen molar-refractivity contribution in [2.45, 2.75) is 12.8 Å². The SMILES string of the molecule is COC(=O)CCc1ccc2o[nH]c(=O)c2c1. The van der Waals surface area contributed by atoms with E-state index in [9.17, 15) is 9.59 Å². The van der Waals surface area contributed by atoms with Crippen LogP contribution in [0.25, 0.3) is 11.0 Å². The molecule has 84 valence electrons. The van der Waals surface area contributed by atoms with Gasteiger partial charge in [-0.2, -0.15) is 5.16 Å². The fourth-order valence-corrected chi connectivity index (χ4v) is 1.50. The molecule has 5 heteroatoms. The van der Waals surface area contributed by atoms with Gasteiger partial charge in [-0.3, -0.25) is 9.59 Å². The first-order valence-electron chi connectivity index (χ1n) is 4.87. The van der Waals surface area contributed by atoms with Crippen LogP contribution < -0.4 is 5.56 Å². The van der Waals surface area contributed by atoms with Gasteiger partial charge in [0, 0.05) is 6.42 Å². The molecule has 0 fully saturated rings. The van der Waals surface area contributed by atoms with Crippen LogP contribution in [0.2, 0.25) is 0 Å². The van der Waals surface area contributed by atoms with Crippen LogP contribution in [0.1, 0.15) is 12.0 Å². The van der Waals surface area contributed by atoms with Crippen molar-refractivity contribution in [2.24, 2.45) is 0 Å². The summed E-state index contributed by atoms with van der Waals surface area (Å²) in [5.41, 5.74) is 1.17. The zero-order valence-electron chi connectivity index (χ0n) is 8.78. The first-order valence-corrected chi connectivity index (χ1v) is 4.87. The number of aromatic amines is 1. The lowest BCUT2D eigenvalue weighted by molar-refractivity contribution is -0.140. The molecule has 0 saturated carbocycles. The van der Waals surface area contributed by atoms with Crippen LogP contribution in [0.4, 0.5) is 0 Å². The van der Waals surface area contributed by atoms with Crippen LogP contribution in [0.5, 0.6) is 0 Å². The number of esters is 1. The first-order chi connectivity index (χ1) is 7.70. The fourth-order valence-electron chi connectivity index (χ4n) is 1.50. The van der Waals surface area contributed by atoms with E-state index in [1.54, 1.807) is 12.1 Å². The molecule has 0 aliphatic rings. The predicted octanol–water partition coefficient (Wildman–Crippen LogP) is 1.23. The predicted molar refractivity (Wildman–Crippen MR) is 57.2 cm³/mol. The maximum absolute atomic E-state index is 11.3. The largest absolute Gasteiger partial charge is 0.469 e.